The molecule has 1 N–H and O–H groups in total. The van der Waals surface area contributed by atoms with Crippen LogP contribution in [0.15, 0.2) is 66.8 Å². The van der Waals surface area contributed by atoms with E-state index in [1.165, 1.54) is 4.90 Å². The van der Waals surface area contributed by atoms with Crippen molar-refractivity contribution in [2.45, 2.75) is 25.0 Å². The van der Waals surface area contributed by atoms with Crippen LogP contribution in [0.3, 0.4) is 0 Å². The lowest BCUT2D eigenvalue weighted by Crippen LogP contribution is -2.36. The van der Waals surface area contributed by atoms with Crippen molar-refractivity contribution in [3.8, 4) is 5.75 Å². The number of halogens is 1. The Morgan fingerprint density at radius 2 is 1.91 bits per heavy atom. The zero-order valence-corrected chi connectivity index (χ0v) is 18.3. The van der Waals surface area contributed by atoms with E-state index < -0.39 is 17.7 Å². The van der Waals surface area contributed by atoms with Crippen LogP contribution in [0.5, 0.6) is 5.75 Å². The zero-order valence-electron chi connectivity index (χ0n) is 17.5. The number of Topliss-reactive ketones (excluding diaryl/α,β-unsaturated/α-hetero) is 1. The second-order valence-corrected chi connectivity index (χ2v) is 8.20. The minimum atomic E-state index is -0.729. The fourth-order valence-corrected chi connectivity index (χ4v) is 4.21. The first-order valence-corrected chi connectivity index (χ1v) is 10.9. The number of benzene rings is 2. The molecule has 7 heteroatoms. The summed E-state index contributed by atoms with van der Waals surface area (Å²) in [7, 11) is 0. The molecule has 2 aliphatic heterocycles. The summed E-state index contributed by atoms with van der Waals surface area (Å²) in [6.45, 7) is 4.89. The number of carbonyl (C=O) groups excluding carboxylic acids is 2. The summed E-state index contributed by atoms with van der Waals surface area (Å²) in [5, 5.41) is 11.6. The molecule has 2 saturated heterocycles. The van der Waals surface area contributed by atoms with Crippen molar-refractivity contribution < 1.29 is 24.2 Å². The number of carbonyl (C=O) groups is 2. The highest BCUT2D eigenvalue weighted by Crippen LogP contribution is 2.40. The number of aliphatic hydroxyl groups excluding tert-OH is 1. The summed E-state index contributed by atoms with van der Waals surface area (Å²) in [4.78, 5) is 27.5. The molecule has 0 saturated carbocycles. The number of ether oxygens (including phenoxy) is 2. The number of aliphatic hydroxyl groups is 1. The largest absolute Gasteiger partial charge is 0.507 e. The van der Waals surface area contributed by atoms with Gasteiger partial charge < -0.3 is 19.5 Å². The van der Waals surface area contributed by atoms with Crippen molar-refractivity contribution in [2.75, 3.05) is 19.8 Å². The van der Waals surface area contributed by atoms with Crippen LogP contribution in [0.25, 0.3) is 5.76 Å². The van der Waals surface area contributed by atoms with Gasteiger partial charge in [-0.15, -0.1) is 0 Å². The molecule has 4 rings (SSSR count). The lowest BCUT2D eigenvalue weighted by Gasteiger charge is -2.27. The van der Waals surface area contributed by atoms with Gasteiger partial charge in [0.25, 0.3) is 11.7 Å². The lowest BCUT2D eigenvalue weighted by molar-refractivity contribution is -0.140. The van der Waals surface area contributed by atoms with Gasteiger partial charge in [-0.05, 0) is 54.8 Å². The highest BCUT2D eigenvalue weighted by atomic mass is 35.5. The quantitative estimate of drug-likeness (QED) is 0.289. The van der Waals surface area contributed by atoms with Crippen LogP contribution >= 0.6 is 11.6 Å². The van der Waals surface area contributed by atoms with Crippen LogP contribution in [0.4, 0.5) is 0 Å². The van der Waals surface area contributed by atoms with E-state index in [4.69, 9.17) is 21.1 Å². The molecule has 6 nitrogen and oxygen atoms in total. The third-order valence-electron chi connectivity index (χ3n) is 5.65. The molecule has 1 amide bonds. The van der Waals surface area contributed by atoms with Gasteiger partial charge in [0.2, 0.25) is 0 Å². The van der Waals surface area contributed by atoms with Gasteiger partial charge in [-0.3, -0.25) is 9.59 Å². The third-order valence-corrected chi connectivity index (χ3v) is 5.90. The molecule has 2 aromatic rings. The Morgan fingerprint density at radius 3 is 2.53 bits per heavy atom. The summed E-state index contributed by atoms with van der Waals surface area (Å²) in [5.41, 5.74) is 1.17. The van der Waals surface area contributed by atoms with Gasteiger partial charge in [-0.2, -0.15) is 0 Å². The summed E-state index contributed by atoms with van der Waals surface area (Å²) in [6.07, 6.45) is 3.24. The zero-order chi connectivity index (χ0) is 22.7. The van der Waals surface area contributed by atoms with Gasteiger partial charge in [0.05, 0.1) is 17.7 Å². The Bertz CT molecular complexity index is 1040. The Balaban J connectivity index is 1.74. The Kier molecular flexibility index (Phi) is 6.63. The molecular weight excluding hydrogens is 430 g/mol. The number of amides is 1. The molecule has 0 spiro atoms. The predicted octanol–water partition coefficient (Wildman–Crippen LogP) is 4.51. The highest BCUT2D eigenvalue weighted by Gasteiger charge is 2.47. The molecular formula is C25H24ClNO5. The van der Waals surface area contributed by atoms with Gasteiger partial charge in [0, 0.05) is 23.7 Å². The average molecular weight is 454 g/mol. The average Bonchev–Trinajstić information content (AvgIpc) is 3.41. The maximum Gasteiger partial charge on any atom is 0.295 e. The second-order valence-electron chi connectivity index (χ2n) is 7.76. The molecule has 2 heterocycles. The molecule has 2 aromatic carbocycles. The number of hydrogen-bond acceptors (Lipinski definition) is 5. The smallest absolute Gasteiger partial charge is 0.295 e. The second kappa shape index (κ2) is 9.59. The maximum atomic E-state index is 13.1. The Morgan fingerprint density at radius 1 is 1.19 bits per heavy atom. The number of rotatable bonds is 7. The van der Waals surface area contributed by atoms with E-state index in [1.54, 1.807) is 54.6 Å². The Hall–Kier alpha value is -3.09. The van der Waals surface area contributed by atoms with Crippen molar-refractivity contribution in [3.05, 3.63) is 82.9 Å². The normalized spacial score (nSPS) is 22.3. The highest BCUT2D eigenvalue weighted by molar-refractivity contribution is 6.46. The van der Waals surface area contributed by atoms with Crippen molar-refractivity contribution in [2.24, 2.45) is 0 Å². The SMILES string of the molecule is C=CCOc1ccc(C(O)=C2C(=O)C(=O)N(C[C@@H]3CCCO3)[C@@H]2c2ccc(Cl)cc2)cc1. The molecule has 0 bridgehead atoms. The van der Waals surface area contributed by atoms with Crippen LogP contribution in [-0.2, 0) is 14.3 Å². The van der Waals surface area contributed by atoms with E-state index >= 15 is 0 Å². The first-order valence-electron chi connectivity index (χ1n) is 10.5. The monoisotopic (exact) mass is 453 g/mol. The summed E-state index contributed by atoms with van der Waals surface area (Å²) in [6, 6.07) is 12.9. The maximum absolute atomic E-state index is 13.1. The lowest BCUT2D eigenvalue weighted by atomic mass is 9.95. The van der Waals surface area contributed by atoms with E-state index in [0.29, 0.717) is 35.1 Å². The summed E-state index contributed by atoms with van der Waals surface area (Å²) in [5.74, 6) is -0.983. The van der Waals surface area contributed by atoms with Crippen LogP contribution < -0.4 is 4.74 Å². The first-order chi connectivity index (χ1) is 15.5. The molecule has 0 radical (unpaired) electrons. The van der Waals surface area contributed by atoms with Crippen molar-refractivity contribution in [3.63, 3.8) is 0 Å². The van der Waals surface area contributed by atoms with Crippen LogP contribution in [0, 0.1) is 0 Å². The van der Waals surface area contributed by atoms with Gasteiger partial charge in [0.1, 0.15) is 18.1 Å². The first kappa shape index (κ1) is 22.1. The summed E-state index contributed by atoms with van der Waals surface area (Å²) < 4.78 is 11.2. The number of ketones is 1. The molecule has 2 fully saturated rings. The molecule has 166 valence electrons. The molecule has 32 heavy (non-hydrogen) atoms. The van der Waals surface area contributed by atoms with Crippen LogP contribution in [0.2, 0.25) is 5.02 Å². The van der Waals surface area contributed by atoms with E-state index in [-0.39, 0.29) is 24.0 Å². The van der Waals surface area contributed by atoms with Gasteiger partial charge in [-0.25, -0.2) is 0 Å². The minimum absolute atomic E-state index is 0.0510. The van der Waals surface area contributed by atoms with E-state index in [9.17, 15) is 14.7 Å². The van der Waals surface area contributed by atoms with Gasteiger partial charge in [0.15, 0.2) is 0 Å². The fourth-order valence-electron chi connectivity index (χ4n) is 4.09. The number of hydrogen-bond donors (Lipinski definition) is 1. The van der Waals surface area contributed by atoms with E-state index in [2.05, 4.69) is 6.58 Å². The van der Waals surface area contributed by atoms with Crippen molar-refractivity contribution in [1.29, 1.82) is 0 Å². The van der Waals surface area contributed by atoms with E-state index in [0.717, 1.165) is 12.8 Å². The molecule has 0 aromatic heterocycles. The predicted molar refractivity (Wildman–Crippen MR) is 122 cm³/mol. The Labute approximate surface area is 191 Å². The van der Waals surface area contributed by atoms with Crippen molar-refractivity contribution in [1.82, 2.24) is 4.90 Å². The van der Waals surface area contributed by atoms with Gasteiger partial charge >= 0.3 is 0 Å². The minimum Gasteiger partial charge on any atom is -0.507 e. The fraction of sp³-hybridized carbons (Fsp3) is 0.280. The van der Waals surface area contributed by atoms with Crippen molar-refractivity contribution >= 4 is 29.1 Å². The molecule has 0 aliphatic carbocycles. The standard InChI is InChI=1S/C25H24ClNO5/c1-2-13-31-19-11-7-17(8-12-19)23(28)21-22(16-5-9-18(26)10-6-16)27(25(30)24(21)29)15-20-4-3-14-32-20/h2,5-12,20,22,28H,1,3-4,13-15H2/t20-,22+/m0/s1. The summed E-state index contributed by atoms with van der Waals surface area (Å²) >= 11 is 6.05. The van der Waals surface area contributed by atoms with Crippen LogP contribution in [-0.4, -0.2) is 47.6 Å². The third kappa shape index (κ3) is 4.42. The topological polar surface area (TPSA) is 76.1 Å². The van der Waals surface area contributed by atoms with E-state index in [1.807, 2.05) is 0 Å². The molecule has 2 atom stereocenters. The number of likely N-dealkylation sites (tertiary alicyclic amines) is 1. The van der Waals surface area contributed by atoms with Crippen LogP contribution in [0.1, 0.15) is 30.0 Å². The van der Waals surface area contributed by atoms with Gasteiger partial charge in [-0.1, -0.05) is 36.4 Å². The number of nitrogens with zero attached hydrogens (tertiary/aromatic N) is 1. The molecule has 2 aliphatic rings. The molecule has 0 unspecified atom stereocenters.